The van der Waals surface area contributed by atoms with Crippen molar-refractivity contribution in [3.63, 3.8) is 0 Å². The molecule has 1 atom stereocenters. The molecule has 2 aliphatic rings. The molecule has 1 amide bonds. The Kier molecular flexibility index (Phi) is 4.58. The van der Waals surface area contributed by atoms with E-state index < -0.39 is 0 Å². The van der Waals surface area contributed by atoms with Gasteiger partial charge < -0.3 is 14.6 Å². The van der Waals surface area contributed by atoms with Crippen molar-refractivity contribution in [2.75, 3.05) is 19.7 Å². The molecular weight excluding hydrogens is 266 g/mol. The molecule has 0 radical (unpaired) electrons. The molecule has 1 aliphatic heterocycles. The van der Waals surface area contributed by atoms with E-state index in [-0.39, 0.29) is 12.0 Å². The molecule has 0 spiro atoms. The number of carbonyl (C=O) groups is 1. The third kappa shape index (κ3) is 3.64. The molecule has 0 bridgehead atoms. The Balaban J connectivity index is 1.51. The molecule has 1 saturated carbocycles. The highest BCUT2D eigenvalue weighted by atomic mass is 16.5. The summed E-state index contributed by atoms with van der Waals surface area (Å²) in [6, 6.07) is 0. The number of imidazole rings is 1. The number of nitrogens with zero attached hydrogens (tertiary/aromatic N) is 2. The van der Waals surface area contributed by atoms with Crippen molar-refractivity contribution in [2.24, 2.45) is 5.92 Å². The number of aromatic nitrogens is 2. The third-order valence-corrected chi connectivity index (χ3v) is 4.69. The normalized spacial score (nSPS) is 23.7. The Morgan fingerprint density at radius 3 is 3.00 bits per heavy atom. The molecule has 5 heteroatoms. The number of aromatic amines is 1. The third-order valence-electron chi connectivity index (χ3n) is 4.69. The number of aryl methyl sites for hydroxylation is 1. The second-order valence-electron chi connectivity index (χ2n) is 6.34. The van der Waals surface area contributed by atoms with Gasteiger partial charge in [0.2, 0.25) is 5.91 Å². The first kappa shape index (κ1) is 14.6. The zero-order valence-electron chi connectivity index (χ0n) is 12.8. The van der Waals surface area contributed by atoms with Crippen molar-refractivity contribution in [3.8, 4) is 0 Å². The van der Waals surface area contributed by atoms with E-state index in [9.17, 15) is 4.79 Å². The Morgan fingerprint density at radius 1 is 1.48 bits per heavy atom. The van der Waals surface area contributed by atoms with Gasteiger partial charge in [-0.3, -0.25) is 4.79 Å². The highest BCUT2D eigenvalue weighted by Gasteiger charge is 2.27. The van der Waals surface area contributed by atoms with Crippen LogP contribution in [0.4, 0.5) is 0 Å². The van der Waals surface area contributed by atoms with Crippen LogP contribution in [0.2, 0.25) is 0 Å². The van der Waals surface area contributed by atoms with Crippen LogP contribution < -0.4 is 0 Å². The molecule has 0 aromatic carbocycles. The van der Waals surface area contributed by atoms with Crippen LogP contribution in [0.3, 0.4) is 0 Å². The first-order chi connectivity index (χ1) is 10.2. The van der Waals surface area contributed by atoms with E-state index >= 15 is 0 Å². The van der Waals surface area contributed by atoms with Gasteiger partial charge in [0.15, 0.2) is 0 Å². The van der Waals surface area contributed by atoms with E-state index in [1.54, 1.807) is 6.20 Å². The monoisotopic (exact) mass is 291 g/mol. The number of hydrogen-bond donors (Lipinski definition) is 1. The summed E-state index contributed by atoms with van der Waals surface area (Å²) in [4.78, 5) is 21.9. The average molecular weight is 291 g/mol. The van der Waals surface area contributed by atoms with Gasteiger partial charge in [-0.15, -0.1) is 0 Å². The number of morpholine rings is 1. The van der Waals surface area contributed by atoms with Crippen LogP contribution in [0.5, 0.6) is 0 Å². The fraction of sp³-hybridized carbons (Fsp3) is 0.750. The van der Waals surface area contributed by atoms with Gasteiger partial charge in [0.1, 0.15) is 11.9 Å². The second kappa shape index (κ2) is 6.60. The van der Waals surface area contributed by atoms with Crippen LogP contribution in [0.1, 0.15) is 56.1 Å². The molecule has 1 saturated heterocycles. The molecule has 3 rings (SSSR count). The van der Waals surface area contributed by atoms with Gasteiger partial charge in [-0.25, -0.2) is 4.98 Å². The minimum Gasteiger partial charge on any atom is -0.367 e. The van der Waals surface area contributed by atoms with Crippen molar-refractivity contribution >= 4 is 5.91 Å². The van der Waals surface area contributed by atoms with E-state index in [1.165, 1.54) is 25.7 Å². The number of amides is 1. The SMILES string of the molecule is Cc1cnc([C@H]2CN(C(=O)CCC3CCCC3)CCO2)[nH]1. The van der Waals surface area contributed by atoms with Gasteiger partial charge in [-0.05, 0) is 19.3 Å². The predicted octanol–water partition coefficient (Wildman–Crippen LogP) is 2.59. The largest absolute Gasteiger partial charge is 0.367 e. The standard InChI is InChI=1S/C16H25N3O2/c1-12-10-17-16(18-12)14-11-19(8-9-21-14)15(20)7-6-13-4-2-3-5-13/h10,13-14H,2-9,11H2,1H3,(H,17,18)/t14-/m1/s1. The van der Waals surface area contributed by atoms with Crippen LogP contribution in [-0.2, 0) is 9.53 Å². The van der Waals surface area contributed by atoms with Gasteiger partial charge in [-0.1, -0.05) is 25.7 Å². The Hall–Kier alpha value is -1.36. The molecule has 116 valence electrons. The summed E-state index contributed by atoms with van der Waals surface area (Å²) in [5.74, 6) is 1.89. The maximum absolute atomic E-state index is 12.4. The predicted molar refractivity (Wildman–Crippen MR) is 79.8 cm³/mol. The summed E-state index contributed by atoms with van der Waals surface area (Å²) in [5, 5.41) is 0. The Morgan fingerprint density at radius 2 is 2.29 bits per heavy atom. The number of ether oxygens (including phenoxy) is 1. The molecule has 2 fully saturated rings. The Bertz CT molecular complexity index is 480. The highest BCUT2D eigenvalue weighted by molar-refractivity contribution is 5.76. The van der Waals surface area contributed by atoms with Gasteiger partial charge in [0.25, 0.3) is 0 Å². The summed E-state index contributed by atoms with van der Waals surface area (Å²) in [5.41, 5.74) is 1.03. The fourth-order valence-corrected chi connectivity index (χ4v) is 3.42. The lowest BCUT2D eigenvalue weighted by Crippen LogP contribution is -2.42. The lowest BCUT2D eigenvalue weighted by atomic mass is 10.0. The summed E-state index contributed by atoms with van der Waals surface area (Å²) in [6.45, 7) is 3.90. The van der Waals surface area contributed by atoms with E-state index in [0.717, 1.165) is 23.9 Å². The second-order valence-corrected chi connectivity index (χ2v) is 6.34. The van der Waals surface area contributed by atoms with E-state index in [0.29, 0.717) is 26.1 Å². The first-order valence-electron chi connectivity index (χ1n) is 8.13. The summed E-state index contributed by atoms with van der Waals surface area (Å²) in [6.07, 6.45) is 8.75. The first-order valence-corrected chi connectivity index (χ1v) is 8.13. The number of H-pyrrole nitrogens is 1. The number of rotatable bonds is 4. The summed E-state index contributed by atoms with van der Waals surface area (Å²) >= 11 is 0. The number of hydrogen-bond acceptors (Lipinski definition) is 3. The lowest BCUT2D eigenvalue weighted by Gasteiger charge is -2.32. The molecular formula is C16H25N3O2. The van der Waals surface area contributed by atoms with Crippen molar-refractivity contribution in [1.29, 1.82) is 0 Å². The van der Waals surface area contributed by atoms with Crippen LogP contribution >= 0.6 is 0 Å². The molecule has 21 heavy (non-hydrogen) atoms. The van der Waals surface area contributed by atoms with Gasteiger partial charge in [0, 0.05) is 24.9 Å². The molecule has 2 heterocycles. The quantitative estimate of drug-likeness (QED) is 0.927. The molecule has 5 nitrogen and oxygen atoms in total. The van der Waals surface area contributed by atoms with Gasteiger partial charge >= 0.3 is 0 Å². The smallest absolute Gasteiger partial charge is 0.222 e. The summed E-state index contributed by atoms with van der Waals surface area (Å²) < 4.78 is 5.75. The van der Waals surface area contributed by atoms with Crippen molar-refractivity contribution in [1.82, 2.24) is 14.9 Å². The molecule has 0 unspecified atom stereocenters. The minimum atomic E-state index is -0.108. The number of carbonyl (C=O) groups excluding carboxylic acids is 1. The van der Waals surface area contributed by atoms with Crippen molar-refractivity contribution < 1.29 is 9.53 Å². The maximum Gasteiger partial charge on any atom is 0.222 e. The number of nitrogens with one attached hydrogen (secondary N) is 1. The zero-order chi connectivity index (χ0) is 14.7. The molecule has 1 aliphatic carbocycles. The Labute approximate surface area is 126 Å². The maximum atomic E-state index is 12.4. The van der Waals surface area contributed by atoms with Crippen molar-refractivity contribution in [3.05, 3.63) is 17.7 Å². The molecule has 1 aromatic rings. The van der Waals surface area contributed by atoms with Gasteiger partial charge in [-0.2, -0.15) is 0 Å². The lowest BCUT2D eigenvalue weighted by molar-refractivity contribution is -0.139. The van der Waals surface area contributed by atoms with E-state index in [2.05, 4.69) is 9.97 Å². The van der Waals surface area contributed by atoms with E-state index in [4.69, 9.17) is 4.74 Å². The zero-order valence-corrected chi connectivity index (χ0v) is 12.8. The van der Waals surface area contributed by atoms with Crippen LogP contribution in [0.15, 0.2) is 6.20 Å². The molecule has 1 N–H and O–H groups in total. The van der Waals surface area contributed by atoms with Crippen molar-refractivity contribution in [2.45, 2.75) is 51.6 Å². The van der Waals surface area contributed by atoms with Gasteiger partial charge in [0.05, 0.1) is 13.2 Å². The fourth-order valence-electron chi connectivity index (χ4n) is 3.42. The van der Waals surface area contributed by atoms with E-state index in [1.807, 2.05) is 11.8 Å². The van der Waals surface area contributed by atoms with Crippen LogP contribution in [0, 0.1) is 12.8 Å². The van der Waals surface area contributed by atoms with Crippen LogP contribution in [-0.4, -0.2) is 40.5 Å². The summed E-state index contributed by atoms with van der Waals surface area (Å²) in [7, 11) is 0. The average Bonchev–Trinajstić information content (AvgIpc) is 3.16. The highest BCUT2D eigenvalue weighted by Crippen LogP contribution is 2.29. The van der Waals surface area contributed by atoms with Crippen LogP contribution in [0.25, 0.3) is 0 Å². The minimum absolute atomic E-state index is 0.108. The topological polar surface area (TPSA) is 58.2 Å². The molecule has 1 aromatic heterocycles.